The molecule has 1 aliphatic carbocycles. The van der Waals surface area contributed by atoms with E-state index >= 15 is 0 Å². The van der Waals surface area contributed by atoms with Crippen LogP contribution in [0.25, 0.3) is 10.9 Å². The number of benzene rings is 1. The van der Waals surface area contributed by atoms with Crippen LogP contribution in [0.15, 0.2) is 24.3 Å². The first-order valence-corrected chi connectivity index (χ1v) is 7.15. The molecule has 0 saturated carbocycles. The second-order valence-corrected chi connectivity index (χ2v) is 5.98. The third-order valence-electron chi connectivity index (χ3n) is 4.79. The van der Waals surface area contributed by atoms with Crippen molar-refractivity contribution < 1.29 is 14.7 Å². The van der Waals surface area contributed by atoms with Crippen molar-refractivity contribution in [3.05, 3.63) is 41.1 Å². The Kier molecular flexibility index (Phi) is 2.56. The molecule has 6 nitrogen and oxygen atoms in total. The summed E-state index contributed by atoms with van der Waals surface area (Å²) in [6, 6.07) is 7.35. The first-order valence-electron chi connectivity index (χ1n) is 7.15. The van der Waals surface area contributed by atoms with Gasteiger partial charge in [-0.25, -0.2) is 4.79 Å². The Labute approximate surface area is 126 Å². The van der Waals surface area contributed by atoms with E-state index in [4.69, 9.17) is 0 Å². The molecule has 1 fully saturated rings. The van der Waals surface area contributed by atoms with Gasteiger partial charge >= 0.3 is 6.03 Å². The van der Waals surface area contributed by atoms with Crippen molar-refractivity contribution >= 4 is 22.8 Å². The maximum Gasteiger partial charge on any atom is 0.324 e. The summed E-state index contributed by atoms with van der Waals surface area (Å²) in [5.41, 5.74) is 2.71. The highest BCUT2D eigenvalue weighted by molar-refractivity contribution is 6.07. The maximum atomic E-state index is 12.3. The van der Waals surface area contributed by atoms with E-state index in [0.717, 1.165) is 22.0 Å². The van der Waals surface area contributed by atoms with Crippen LogP contribution in [0.4, 0.5) is 4.79 Å². The van der Waals surface area contributed by atoms with Crippen LogP contribution in [0.3, 0.4) is 0 Å². The normalized spacial score (nSPS) is 23.5. The molecule has 1 saturated heterocycles. The molecule has 0 unspecified atom stereocenters. The zero-order valence-electron chi connectivity index (χ0n) is 12.1. The second-order valence-electron chi connectivity index (χ2n) is 5.98. The number of amides is 3. The summed E-state index contributed by atoms with van der Waals surface area (Å²) in [6.07, 6.45) is 1.02. The third-order valence-corrected chi connectivity index (χ3v) is 4.79. The van der Waals surface area contributed by atoms with Crippen molar-refractivity contribution in [2.75, 3.05) is 7.05 Å². The molecule has 0 radical (unpaired) electrons. The van der Waals surface area contributed by atoms with Crippen LogP contribution in [0.1, 0.15) is 16.8 Å². The molecule has 2 aliphatic rings. The van der Waals surface area contributed by atoms with Gasteiger partial charge in [0.25, 0.3) is 5.91 Å². The molecule has 112 valence electrons. The number of aliphatic hydroxyl groups excluding tert-OH is 1. The summed E-state index contributed by atoms with van der Waals surface area (Å²) in [5, 5.41) is 12.6. The Morgan fingerprint density at radius 1 is 1.27 bits per heavy atom. The number of aliphatic hydroxyl groups is 1. The van der Waals surface area contributed by atoms with Crippen LogP contribution in [-0.4, -0.2) is 39.5 Å². The number of hydrogen-bond donors (Lipinski definition) is 2. The molecule has 1 atom stereocenters. The quantitative estimate of drug-likeness (QED) is 0.761. The van der Waals surface area contributed by atoms with Gasteiger partial charge in [-0.1, -0.05) is 6.07 Å². The van der Waals surface area contributed by atoms with E-state index < -0.39 is 5.54 Å². The number of nitrogens with zero attached hydrogens (tertiary/aromatic N) is 2. The van der Waals surface area contributed by atoms with E-state index in [1.807, 2.05) is 18.2 Å². The number of aromatic nitrogens is 1. The molecule has 6 heteroatoms. The summed E-state index contributed by atoms with van der Waals surface area (Å²) < 4.78 is 0. The van der Waals surface area contributed by atoms with Gasteiger partial charge in [0.2, 0.25) is 0 Å². The standard InChI is InChI=1S/C16H15N3O3/c1-19-15(22)18-14(21)16(19)6-10-4-9-2-3-12(8-20)17-13(9)5-11(10)7-16/h2-5,20H,6-8H2,1H3,(H,18,21,22)/t16-/m1/s1. The Morgan fingerprint density at radius 3 is 2.64 bits per heavy atom. The number of imide groups is 1. The molecule has 3 amide bonds. The van der Waals surface area contributed by atoms with E-state index in [1.165, 1.54) is 4.90 Å². The summed E-state index contributed by atoms with van der Waals surface area (Å²) in [7, 11) is 1.66. The number of rotatable bonds is 1. The van der Waals surface area contributed by atoms with Gasteiger partial charge in [-0.2, -0.15) is 0 Å². The van der Waals surface area contributed by atoms with Crippen LogP contribution in [0, 0.1) is 0 Å². The van der Waals surface area contributed by atoms with E-state index in [9.17, 15) is 14.7 Å². The van der Waals surface area contributed by atoms with Crippen LogP contribution >= 0.6 is 0 Å². The summed E-state index contributed by atoms with van der Waals surface area (Å²) in [6.45, 7) is -0.101. The van der Waals surface area contributed by atoms with Gasteiger partial charge in [0, 0.05) is 25.3 Å². The highest BCUT2D eigenvalue weighted by Gasteiger charge is 2.54. The topological polar surface area (TPSA) is 82.5 Å². The molecule has 22 heavy (non-hydrogen) atoms. The van der Waals surface area contributed by atoms with Gasteiger partial charge in [0.1, 0.15) is 5.54 Å². The lowest BCUT2D eigenvalue weighted by atomic mass is 9.95. The van der Waals surface area contributed by atoms with E-state index in [0.29, 0.717) is 18.5 Å². The molecule has 1 aromatic carbocycles. The van der Waals surface area contributed by atoms with Crippen LogP contribution in [0.5, 0.6) is 0 Å². The van der Waals surface area contributed by atoms with E-state index in [2.05, 4.69) is 10.3 Å². The number of carbonyl (C=O) groups excluding carboxylic acids is 2. The molecular formula is C16H15N3O3. The van der Waals surface area contributed by atoms with Crippen molar-refractivity contribution in [1.82, 2.24) is 15.2 Å². The average molecular weight is 297 g/mol. The lowest BCUT2D eigenvalue weighted by Gasteiger charge is -2.27. The molecular weight excluding hydrogens is 282 g/mol. The van der Waals surface area contributed by atoms with Gasteiger partial charge < -0.3 is 10.0 Å². The summed E-state index contributed by atoms with van der Waals surface area (Å²) in [4.78, 5) is 29.9. The number of hydrogen-bond acceptors (Lipinski definition) is 4. The Hall–Kier alpha value is -2.47. The molecule has 1 aromatic heterocycles. The number of nitrogens with one attached hydrogen (secondary N) is 1. The van der Waals surface area contributed by atoms with E-state index in [1.54, 1.807) is 13.1 Å². The Balaban J connectivity index is 1.82. The SMILES string of the molecule is CN1C(=O)NC(=O)[C@]12Cc1cc3ccc(CO)nc3cc1C2. The molecule has 2 N–H and O–H groups in total. The molecule has 1 aliphatic heterocycles. The molecule has 4 rings (SSSR count). The predicted molar refractivity (Wildman–Crippen MR) is 79.1 cm³/mol. The third kappa shape index (κ3) is 1.61. The van der Waals surface area contributed by atoms with Crippen LogP contribution < -0.4 is 5.32 Å². The highest BCUT2D eigenvalue weighted by atomic mass is 16.3. The van der Waals surface area contributed by atoms with Gasteiger partial charge in [-0.05, 0) is 29.3 Å². The highest BCUT2D eigenvalue weighted by Crippen LogP contribution is 2.38. The first-order chi connectivity index (χ1) is 10.5. The fraction of sp³-hybridized carbons (Fsp3) is 0.312. The smallest absolute Gasteiger partial charge is 0.324 e. The Bertz CT molecular complexity index is 833. The lowest BCUT2D eigenvalue weighted by Crippen LogP contribution is -2.48. The number of carbonyl (C=O) groups is 2. The Morgan fingerprint density at radius 2 is 2.00 bits per heavy atom. The number of urea groups is 1. The largest absolute Gasteiger partial charge is 0.390 e. The summed E-state index contributed by atoms with van der Waals surface area (Å²) >= 11 is 0. The molecule has 0 bridgehead atoms. The van der Waals surface area contributed by atoms with Gasteiger partial charge in [0.15, 0.2) is 0 Å². The fourth-order valence-corrected chi connectivity index (χ4v) is 3.46. The maximum absolute atomic E-state index is 12.3. The minimum absolute atomic E-state index is 0.101. The van der Waals surface area contributed by atoms with Crippen molar-refractivity contribution in [1.29, 1.82) is 0 Å². The summed E-state index contributed by atoms with van der Waals surface area (Å²) in [5.74, 6) is -0.232. The average Bonchev–Trinajstić information content (AvgIpc) is 2.98. The minimum atomic E-state index is -0.809. The van der Waals surface area contributed by atoms with Crippen LogP contribution in [0.2, 0.25) is 0 Å². The fourth-order valence-electron chi connectivity index (χ4n) is 3.46. The lowest BCUT2D eigenvalue weighted by molar-refractivity contribution is -0.125. The van der Waals surface area contributed by atoms with Crippen molar-refractivity contribution in [2.24, 2.45) is 0 Å². The van der Waals surface area contributed by atoms with Gasteiger partial charge in [0.05, 0.1) is 17.8 Å². The van der Waals surface area contributed by atoms with Crippen molar-refractivity contribution in [2.45, 2.75) is 25.0 Å². The predicted octanol–water partition coefficient (Wildman–Crippen LogP) is 0.746. The molecule has 2 aromatic rings. The van der Waals surface area contributed by atoms with E-state index in [-0.39, 0.29) is 18.5 Å². The van der Waals surface area contributed by atoms with Crippen molar-refractivity contribution in [3.63, 3.8) is 0 Å². The second kappa shape index (κ2) is 4.27. The number of fused-ring (bicyclic) bond motifs is 2. The van der Waals surface area contributed by atoms with Crippen LogP contribution in [-0.2, 0) is 24.2 Å². The van der Waals surface area contributed by atoms with Crippen molar-refractivity contribution in [3.8, 4) is 0 Å². The molecule has 1 spiro atoms. The zero-order valence-corrected chi connectivity index (χ0v) is 12.1. The number of pyridine rings is 1. The van der Waals surface area contributed by atoms with Gasteiger partial charge in [-0.15, -0.1) is 0 Å². The van der Waals surface area contributed by atoms with Gasteiger partial charge in [-0.3, -0.25) is 15.1 Å². The monoisotopic (exact) mass is 297 g/mol. The molecule has 2 heterocycles. The number of likely N-dealkylation sites (N-methyl/N-ethyl adjacent to an activating group) is 1. The first kappa shape index (κ1) is 13.2. The zero-order chi connectivity index (χ0) is 15.5. The minimum Gasteiger partial charge on any atom is -0.390 e.